The Labute approximate surface area is 130 Å². The number of rotatable bonds is 7. The van der Waals surface area contributed by atoms with E-state index in [1.807, 2.05) is 19.9 Å². The minimum atomic E-state index is -0.722. The van der Waals surface area contributed by atoms with Crippen LogP contribution in [0.3, 0.4) is 0 Å². The van der Waals surface area contributed by atoms with Gasteiger partial charge in [0, 0.05) is 6.54 Å². The van der Waals surface area contributed by atoms with Crippen molar-refractivity contribution >= 4 is 11.9 Å². The van der Waals surface area contributed by atoms with Gasteiger partial charge in [0.05, 0.1) is 14.2 Å². The van der Waals surface area contributed by atoms with E-state index < -0.39 is 12.1 Å². The van der Waals surface area contributed by atoms with Gasteiger partial charge < -0.3 is 25.8 Å². The van der Waals surface area contributed by atoms with E-state index >= 15 is 0 Å². The number of carbonyl (C=O) groups is 2. The van der Waals surface area contributed by atoms with Gasteiger partial charge >= 0.3 is 6.03 Å². The molecule has 0 bridgehead atoms. The first kappa shape index (κ1) is 17.6. The molecule has 4 N–H and O–H groups in total. The fourth-order valence-electron chi connectivity index (χ4n) is 1.98. The minimum absolute atomic E-state index is 0.0714. The third-order valence-corrected chi connectivity index (χ3v) is 3.16. The number of amides is 3. The topological polar surface area (TPSA) is 103 Å². The van der Waals surface area contributed by atoms with Gasteiger partial charge in [-0.2, -0.15) is 0 Å². The van der Waals surface area contributed by atoms with Crippen molar-refractivity contribution in [2.45, 2.75) is 26.4 Å². The molecule has 1 rings (SSSR count). The van der Waals surface area contributed by atoms with Gasteiger partial charge in [0.15, 0.2) is 11.5 Å². The number of benzene rings is 1. The van der Waals surface area contributed by atoms with E-state index in [-0.39, 0.29) is 11.8 Å². The molecular formula is C15H23N3O4. The van der Waals surface area contributed by atoms with Gasteiger partial charge in [-0.1, -0.05) is 19.9 Å². The summed E-state index contributed by atoms with van der Waals surface area (Å²) in [5.41, 5.74) is 5.94. The number of carbonyl (C=O) groups excluding carboxylic acids is 2. The fraction of sp³-hybridized carbons (Fsp3) is 0.467. The number of urea groups is 1. The SMILES string of the molecule is COc1ccc(CNC(=O)[C@@H](NC(N)=O)C(C)C)cc1OC. The quantitative estimate of drug-likeness (QED) is 0.699. The Morgan fingerprint density at radius 1 is 1.18 bits per heavy atom. The first-order valence-corrected chi connectivity index (χ1v) is 6.93. The van der Waals surface area contributed by atoms with Crippen LogP contribution in [0.1, 0.15) is 19.4 Å². The lowest BCUT2D eigenvalue weighted by atomic mass is 10.0. The zero-order chi connectivity index (χ0) is 16.7. The summed E-state index contributed by atoms with van der Waals surface area (Å²) in [6, 6.07) is 3.98. The largest absolute Gasteiger partial charge is 0.493 e. The maximum absolute atomic E-state index is 12.1. The van der Waals surface area contributed by atoms with Crippen LogP contribution in [-0.2, 0) is 11.3 Å². The molecule has 0 unspecified atom stereocenters. The lowest BCUT2D eigenvalue weighted by Crippen LogP contribution is -2.51. The van der Waals surface area contributed by atoms with Crippen molar-refractivity contribution in [3.05, 3.63) is 23.8 Å². The van der Waals surface area contributed by atoms with Gasteiger partial charge in [-0.25, -0.2) is 4.79 Å². The molecular weight excluding hydrogens is 286 g/mol. The third kappa shape index (κ3) is 4.83. The van der Waals surface area contributed by atoms with Crippen LogP contribution in [0.5, 0.6) is 11.5 Å². The monoisotopic (exact) mass is 309 g/mol. The molecule has 0 saturated carbocycles. The minimum Gasteiger partial charge on any atom is -0.493 e. The Hall–Kier alpha value is -2.44. The lowest BCUT2D eigenvalue weighted by molar-refractivity contribution is -0.124. The van der Waals surface area contributed by atoms with Crippen LogP contribution in [0.25, 0.3) is 0 Å². The van der Waals surface area contributed by atoms with Crippen molar-refractivity contribution in [1.82, 2.24) is 10.6 Å². The summed E-state index contributed by atoms with van der Waals surface area (Å²) in [7, 11) is 3.10. The number of nitrogens with two attached hydrogens (primary N) is 1. The Morgan fingerprint density at radius 2 is 1.82 bits per heavy atom. The van der Waals surface area contributed by atoms with Crippen LogP contribution in [0.4, 0.5) is 4.79 Å². The molecule has 7 nitrogen and oxygen atoms in total. The number of methoxy groups -OCH3 is 2. The smallest absolute Gasteiger partial charge is 0.312 e. The molecule has 22 heavy (non-hydrogen) atoms. The van der Waals surface area contributed by atoms with E-state index in [9.17, 15) is 9.59 Å². The Bertz CT molecular complexity index is 532. The number of nitrogens with one attached hydrogen (secondary N) is 2. The molecule has 0 fully saturated rings. The zero-order valence-corrected chi connectivity index (χ0v) is 13.3. The number of primary amides is 1. The van der Waals surface area contributed by atoms with Gasteiger partial charge in [-0.3, -0.25) is 4.79 Å². The van der Waals surface area contributed by atoms with Gasteiger partial charge in [0.25, 0.3) is 0 Å². The highest BCUT2D eigenvalue weighted by molar-refractivity contribution is 5.86. The number of ether oxygens (including phenoxy) is 2. The second-order valence-corrected chi connectivity index (χ2v) is 5.14. The van der Waals surface area contributed by atoms with Crippen LogP contribution in [-0.4, -0.2) is 32.2 Å². The van der Waals surface area contributed by atoms with Gasteiger partial charge in [-0.15, -0.1) is 0 Å². The average Bonchev–Trinajstić information content (AvgIpc) is 2.49. The summed E-state index contributed by atoms with van der Waals surface area (Å²) in [5.74, 6) is 0.847. The normalized spacial score (nSPS) is 11.7. The van der Waals surface area contributed by atoms with Crippen molar-refractivity contribution in [1.29, 1.82) is 0 Å². The van der Waals surface area contributed by atoms with Crippen molar-refractivity contribution in [3.63, 3.8) is 0 Å². The molecule has 3 amide bonds. The molecule has 1 atom stereocenters. The summed E-state index contributed by atoms with van der Waals surface area (Å²) in [6.07, 6.45) is 0. The van der Waals surface area contributed by atoms with E-state index in [4.69, 9.17) is 15.2 Å². The third-order valence-electron chi connectivity index (χ3n) is 3.16. The standard InChI is InChI=1S/C15H23N3O4/c1-9(2)13(18-15(16)20)14(19)17-8-10-5-6-11(21-3)12(7-10)22-4/h5-7,9,13H,8H2,1-4H3,(H,17,19)(H3,16,18,20)/t13-/m0/s1. The fourth-order valence-corrected chi connectivity index (χ4v) is 1.98. The van der Waals surface area contributed by atoms with Crippen LogP contribution in [0, 0.1) is 5.92 Å². The highest BCUT2D eigenvalue weighted by Crippen LogP contribution is 2.27. The molecule has 0 heterocycles. The molecule has 0 spiro atoms. The van der Waals surface area contributed by atoms with Crippen LogP contribution in [0.15, 0.2) is 18.2 Å². The Kier molecular flexibility index (Phi) is 6.49. The molecule has 0 aromatic heterocycles. The van der Waals surface area contributed by atoms with Gasteiger partial charge in [-0.05, 0) is 23.6 Å². The summed E-state index contributed by atoms with van der Waals surface area (Å²) < 4.78 is 10.4. The van der Waals surface area contributed by atoms with Crippen LogP contribution < -0.4 is 25.8 Å². The molecule has 1 aromatic carbocycles. The summed E-state index contributed by atoms with van der Waals surface area (Å²) in [6.45, 7) is 3.97. The second kappa shape index (κ2) is 8.11. The molecule has 1 aromatic rings. The first-order valence-electron chi connectivity index (χ1n) is 6.93. The van der Waals surface area contributed by atoms with Crippen LogP contribution >= 0.6 is 0 Å². The predicted molar refractivity (Wildman–Crippen MR) is 82.7 cm³/mol. The average molecular weight is 309 g/mol. The van der Waals surface area contributed by atoms with Gasteiger partial charge in [0.2, 0.25) is 5.91 Å². The highest BCUT2D eigenvalue weighted by Gasteiger charge is 2.23. The van der Waals surface area contributed by atoms with Crippen molar-refractivity contribution in [2.24, 2.45) is 11.7 Å². The van der Waals surface area contributed by atoms with E-state index in [1.54, 1.807) is 26.4 Å². The van der Waals surface area contributed by atoms with Crippen molar-refractivity contribution < 1.29 is 19.1 Å². The van der Waals surface area contributed by atoms with E-state index in [2.05, 4.69) is 10.6 Å². The van der Waals surface area contributed by atoms with E-state index in [1.165, 1.54) is 0 Å². The number of hydrogen-bond acceptors (Lipinski definition) is 4. The summed E-state index contributed by atoms with van der Waals surface area (Å²) in [4.78, 5) is 23.1. The molecule has 0 aliphatic carbocycles. The molecule has 7 heteroatoms. The van der Waals surface area contributed by atoms with Crippen molar-refractivity contribution in [2.75, 3.05) is 14.2 Å². The number of hydrogen-bond donors (Lipinski definition) is 3. The molecule has 0 aliphatic rings. The maximum atomic E-state index is 12.1. The predicted octanol–water partition coefficient (Wildman–Crippen LogP) is 1.01. The van der Waals surface area contributed by atoms with Crippen LogP contribution in [0.2, 0.25) is 0 Å². The zero-order valence-electron chi connectivity index (χ0n) is 13.3. The van der Waals surface area contributed by atoms with E-state index in [0.717, 1.165) is 5.56 Å². The summed E-state index contributed by atoms with van der Waals surface area (Å²) >= 11 is 0. The molecule has 0 saturated heterocycles. The highest BCUT2D eigenvalue weighted by atomic mass is 16.5. The molecule has 0 radical (unpaired) electrons. The second-order valence-electron chi connectivity index (χ2n) is 5.14. The maximum Gasteiger partial charge on any atom is 0.312 e. The van der Waals surface area contributed by atoms with E-state index in [0.29, 0.717) is 18.0 Å². The first-order chi connectivity index (χ1) is 10.4. The van der Waals surface area contributed by atoms with Gasteiger partial charge in [0.1, 0.15) is 6.04 Å². The Morgan fingerprint density at radius 3 is 2.32 bits per heavy atom. The van der Waals surface area contributed by atoms with Crippen molar-refractivity contribution in [3.8, 4) is 11.5 Å². The summed E-state index contributed by atoms with van der Waals surface area (Å²) in [5, 5.41) is 5.21. The Balaban J connectivity index is 2.72. The lowest BCUT2D eigenvalue weighted by Gasteiger charge is -2.20. The molecule has 122 valence electrons. The molecule has 0 aliphatic heterocycles.